The molecule has 2 aromatic rings. The molecule has 2 heterocycles. The van der Waals surface area contributed by atoms with Crippen molar-refractivity contribution in [1.82, 2.24) is 20.3 Å². The zero-order valence-corrected chi connectivity index (χ0v) is 12.4. The van der Waals surface area contributed by atoms with Gasteiger partial charge in [-0.2, -0.15) is 0 Å². The lowest BCUT2D eigenvalue weighted by Crippen LogP contribution is -2.23. The molecular weight excluding hydrogens is 262 g/mol. The van der Waals surface area contributed by atoms with E-state index in [0.717, 1.165) is 31.0 Å². The summed E-state index contributed by atoms with van der Waals surface area (Å²) in [6.45, 7) is 1.72. The maximum Gasteiger partial charge on any atom is 0.147 e. The van der Waals surface area contributed by atoms with Gasteiger partial charge in [0.1, 0.15) is 5.82 Å². The summed E-state index contributed by atoms with van der Waals surface area (Å²) in [7, 11) is 2.06. The molecule has 1 aliphatic rings. The lowest BCUT2D eigenvalue weighted by Gasteiger charge is -2.18. The molecule has 2 aromatic heterocycles. The fourth-order valence-electron chi connectivity index (χ4n) is 2.16. The lowest BCUT2D eigenvalue weighted by molar-refractivity contribution is 0.670. The number of pyridine rings is 1. The number of hydrogen-bond donors (Lipinski definition) is 1. The largest absolute Gasteiger partial charge is 0.358 e. The fraction of sp³-hybridized carbons (Fsp3) is 0.438. The monoisotopic (exact) mass is 283 g/mol. The van der Waals surface area contributed by atoms with Gasteiger partial charge in [0.2, 0.25) is 0 Å². The van der Waals surface area contributed by atoms with Gasteiger partial charge in [-0.25, -0.2) is 4.98 Å². The molecule has 0 bridgehead atoms. The molecule has 5 nitrogen and oxygen atoms in total. The summed E-state index contributed by atoms with van der Waals surface area (Å²) in [5.41, 5.74) is 2.30. The third-order valence-electron chi connectivity index (χ3n) is 3.70. The fourth-order valence-corrected chi connectivity index (χ4v) is 2.16. The van der Waals surface area contributed by atoms with Gasteiger partial charge in [0.15, 0.2) is 0 Å². The van der Waals surface area contributed by atoms with Crippen molar-refractivity contribution in [2.75, 3.05) is 18.5 Å². The third-order valence-corrected chi connectivity index (χ3v) is 3.70. The summed E-state index contributed by atoms with van der Waals surface area (Å²) < 4.78 is 0. The van der Waals surface area contributed by atoms with E-state index in [1.54, 1.807) is 0 Å². The minimum Gasteiger partial charge on any atom is -0.358 e. The normalized spacial score (nSPS) is 14.1. The highest BCUT2D eigenvalue weighted by atomic mass is 15.2. The number of anilines is 1. The van der Waals surface area contributed by atoms with Crippen LogP contribution in [0.4, 0.5) is 5.82 Å². The highest BCUT2D eigenvalue weighted by Gasteiger charge is 2.20. The van der Waals surface area contributed by atoms with E-state index in [9.17, 15) is 0 Å². The van der Waals surface area contributed by atoms with E-state index in [-0.39, 0.29) is 0 Å². The van der Waals surface area contributed by atoms with Crippen molar-refractivity contribution < 1.29 is 0 Å². The van der Waals surface area contributed by atoms with Gasteiger partial charge in [-0.05, 0) is 37.0 Å². The van der Waals surface area contributed by atoms with E-state index in [1.807, 2.05) is 24.8 Å². The first-order valence-electron chi connectivity index (χ1n) is 7.45. The summed E-state index contributed by atoms with van der Waals surface area (Å²) in [6.07, 6.45) is 10.9. The Hall–Kier alpha value is -2.01. The first-order chi connectivity index (χ1) is 10.3. The molecule has 1 saturated carbocycles. The summed E-state index contributed by atoms with van der Waals surface area (Å²) in [5, 5.41) is 3.47. The Kier molecular flexibility index (Phi) is 4.40. The second-order valence-electron chi connectivity index (χ2n) is 5.55. The van der Waals surface area contributed by atoms with E-state index < -0.39 is 0 Å². The van der Waals surface area contributed by atoms with Crippen molar-refractivity contribution >= 4 is 5.82 Å². The first-order valence-corrected chi connectivity index (χ1v) is 7.45. The van der Waals surface area contributed by atoms with Crippen LogP contribution in [0.5, 0.6) is 0 Å². The second kappa shape index (κ2) is 6.63. The molecule has 21 heavy (non-hydrogen) atoms. The van der Waals surface area contributed by atoms with Gasteiger partial charge in [0, 0.05) is 44.8 Å². The predicted molar refractivity (Wildman–Crippen MR) is 83.1 cm³/mol. The summed E-state index contributed by atoms with van der Waals surface area (Å²) >= 11 is 0. The average Bonchev–Trinajstić information content (AvgIpc) is 3.36. The molecule has 1 fully saturated rings. The van der Waals surface area contributed by atoms with Crippen LogP contribution in [-0.2, 0) is 13.0 Å². The van der Waals surface area contributed by atoms with Crippen LogP contribution in [0.25, 0.3) is 0 Å². The van der Waals surface area contributed by atoms with Crippen LogP contribution < -0.4 is 10.2 Å². The van der Waals surface area contributed by atoms with Crippen LogP contribution in [0.3, 0.4) is 0 Å². The highest BCUT2D eigenvalue weighted by molar-refractivity contribution is 5.35. The molecule has 3 rings (SSSR count). The summed E-state index contributed by atoms with van der Waals surface area (Å²) in [6, 6.07) is 4.80. The van der Waals surface area contributed by atoms with Crippen molar-refractivity contribution in [2.24, 2.45) is 0 Å². The highest BCUT2D eigenvalue weighted by Crippen LogP contribution is 2.19. The summed E-state index contributed by atoms with van der Waals surface area (Å²) in [5.74, 6) is 0.930. The van der Waals surface area contributed by atoms with Crippen molar-refractivity contribution in [3.8, 4) is 0 Å². The van der Waals surface area contributed by atoms with Gasteiger partial charge in [-0.1, -0.05) is 0 Å². The molecule has 0 aromatic carbocycles. The van der Waals surface area contributed by atoms with Crippen LogP contribution in [0.15, 0.2) is 36.9 Å². The molecule has 0 atom stereocenters. The zero-order chi connectivity index (χ0) is 14.5. The van der Waals surface area contributed by atoms with Gasteiger partial charge in [-0.3, -0.25) is 9.97 Å². The number of nitrogens with one attached hydrogen (secondary N) is 1. The van der Waals surface area contributed by atoms with Gasteiger partial charge in [-0.15, -0.1) is 0 Å². The quantitative estimate of drug-likeness (QED) is 0.840. The molecule has 0 amide bonds. The molecule has 1 N–H and O–H groups in total. The van der Waals surface area contributed by atoms with Crippen molar-refractivity contribution in [3.05, 3.63) is 48.2 Å². The van der Waals surface area contributed by atoms with E-state index in [4.69, 9.17) is 0 Å². The zero-order valence-electron chi connectivity index (χ0n) is 12.4. The topological polar surface area (TPSA) is 53.9 Å². The number of rotatable bonds is 7. The van der Waals surface area contributed by atoms with Crippen LogP contribution >= 0.6 is 0 Å². The van der Waals surface area contributed by atoms with Crippen molar-refractivity contribution in [2.45, 2.75) is 31.8 Å². The molecule has 0 spiro atoms. The maximum absolute atomic E-state index is 4.67. The lowest BCUT2D eigenvalue weighted by atomic mass is 10.2. The van der Waals surface area contributed by atoms with Crippen molar-refractivity contribution in [3.63, 3.8) is 0 Å². The Labute approximate surface area is 125 Å². The molecule has 0 radical (unpaired) electrons. The van der Waals surface area contributed by atoms with Crippen molar-refractivity contribution in [1.29, 1.82) is 0 Å². The SMILES string of the molecule is CN(CCc1ccncc1)c1cncc(CNC2CC2)n1. The standard InChI is InChI=1S/C16H21N5/c1-21(9-6-13-4-7-17-8-5-13)16-12-18-10-15(20-16)11-19-14-2-3-14/h4-5,7-8,10,12,14,19H,2-3,6,9,11H2,1H3. The van der Waals surface area contributed by atoms with Crippen LogP contribution in [0.2, 0.25) is 0 Å². The Morgan fingerprint density at radius 3 is 2.76 bits per heavy atom. The Balaban J connectivity index is 1.55. The van der Waals surface area contributed by atoms with Crippen LogP contribution in [0.1, 0.15) is 24.1 Å². The maximum atomic E-state index is 4.67. The van der Waals surface area contributed by atoms with Gasteiger partial charge >= 0.3 is 0 Å². The van der Waals surface area contributed by atoms with E-state index >= 15 is 0 Å². The third kappa shape index (κ3) is 4.23. The molecule has 1 aliphatic carbocycles. The average molecular weight is 283 g/mol. The predicted octanol–water partition coefficient (Wildman–Crippen LogP) is 1.80. The number of likely N-dealkylation sites (N-methyl/N-ethyl adjacent to an activating group) is 1. The Morgan fingerprint density at radius 2 is 2.00 bits per heavy atom. The molecule has 0 saturated heterocycles. The van der Waals surface area contributed by atoms with Crippen LogP contribution in [-0.4, -0.2) is 34.6 Å². The first kappa shape index (κ1) is 13.9. The molecule has 0 aliphatic heterocycles. The molecular formula is C16H21N5. The Bertz CT molecular complexity index is 568. The van der Waals surface area contributed by atoms with E-state index in [0.29, 0.717) is 6.04 Å². The molecule has 110 valence electrons. The molecule has 5 heteroatoms. The van der Waals surface area contributed by atoms with Gasteiger partial charge < -0.3 is 10.2 Å². The van der Waals surface area contributed by atoms with Gasteiger partial charge in [0.05, 0.1) is 11.9 Å². The second-order valence-corrected chi connectivity index (χ2v) is 5.55. The number of nitrogens with zero attached hydrogens (tertiary/aromatic N) is 4. The minimum atomic E-state index is 0.694. The summed E-state index contributed by atoms with van der Waals surface area (Å²) in [4.78, 5) is 15.2. The van der Waals surface area contributed by atoms with Crippen LogP contribution in [0, 0.1) is 0 Å². The smallest absolute Gasteiger partial charge is 0.147 e. The van der Waals surface area contributed by atoms with E-state index in [1.165, 1.54) is 18.4 Å². The number of aromatic nitrogens is 3. The Morgan fingerprint density at radius 1 is 1.19 bits per heavy atom. The minimum absolute atomic E-state index is 0.694. The van der Waals surface area contributed by atoms with Gasteiger partial charge in [0.25, 0.3) is 0 Å². The molecule has 0 unspecified atom stereocenters. The van der Waals surface area contributed by atoms with E-state index in [2.05, 4.69) is 44.3 Å². The number of hydrogen-bond acceptors (Lipinski definition) is 5.